The molecule has 0 aliphatic carbocycles. The topological polar surface area (TPSA) is 71.3 Å². The second-order valence-electron chi connectivity index (χ2n) is 6.89. The van der Waals surface area contributed by atoms with Gasteiger partial charge in [0.15, 0.2) is 0 Å². The van der Waals surface area contributed by atoms with Crippen molar-refractivity contribution in [2.45, 2.75) is 25.4 Å². The van der Waals surface area contributed by atoms with Crippen LogP contribution in [-0.4, -0.2) is 23.1 Å². The van der Waals surface area contributed by atoms with Crippen LogP contribution in [0.3, 0.4) is 0 Å². The lowest BCUT2D eigenvalue weighted by Gasteiger charge is -2.35. The van der Waals surface area contributed by atoms with Gasteiger partial charge in [-0.2, -0.15) is 5.26 Å². The molecule has 2 aromatic carbocycles. The van der Waals surface area contributed by atoms with Crippen LogP contribution >= 0.6 is 0 Å². The van der Waals surface area contributed by atoms with E-state index >= 15 is 0 Å². The van der Waals surface area contributed by atoms with Crippen molar-refractivity contribution in [1.29, 1.82) is 5.26 Å². The number of benzene rings is 2. The molecule has 2 aliphatic heterocycles. The van der Waals surface area contributed by atoms with E-state index in [9.17, 15) is 10.4 Å². The molecule has 1 unspecified atom stereocenters. The monoisotopic (exact) mass is 334 g/mol. The zero-order valence-electron chi connectivity index (χ0n) is 14.1. The fourth-order valence-electron chi connectivity index (χ4n) is 4.05. The lowest BCUT2D eigenvalue weighted by atomic mass is 9.86. The first-order valence-corrected chi connectivity index (χ1v) is 8.80. The summed E-state index contributed by atoms with van der Waals surface area (Å²) < 4.78 is 0. The molecule has 2 aromatic rings. The van der Waals surface area contributed by atoms with Gasteiger partial charge in [0.1, 0.15) is 11.8 Å². The van der Waals surface area contributed by atoms with Crippen LogP contribution in [0.1, 0.15) is 35.6 Å². The summed E-state index contributed by atoms with van der Waals surface area (Å²) in [6.45, 7) is 2.80. The fourth-order valence-corrected chi connectivity index (χ4v) is 4.05. The summed E-state index contributed by atoms with van der Waals surface area (Å²) in [7, 11) is 0. The predicted octanol–water partition coefficient (Wildman–Crippen LogP) is 3.15. The lowest BCUT2D eigenvalue weighted by molar-refractivity contribution is 0.144. The number of hydrogen-bond acceptors (Lipinski definition) is 5. The first kappa shape index (κ1) is 15.9. The summed E-state index contributed by atoms with van der Waals surface area (Å²) in [5, 5.41) is 19.3. The van der Waals surface area contributed by atoms with Crippen LogP contribution in [0.2, 0.25) is 0 Å². The van der Waals surface area contributed by atoms with Gasteiger partial charge in [0.2, 0.25) is 0 Å². The average molecular weight is 334 g/mol. The minimum atomic E-state index is 0.218. The van der Waals surface area contributed by atoms with E-state index in [1.807, 2.05) is 30.3 Å². The normalized spacial score (nSPS) is 22.8. The minimum Gasteiger partial charge on any atom is -0.508 e. The Morgan fingerprint density at radius 2 is 2.08 bits per heavy atom. The first-order chi connectivity index (χ1) is 12.3. The van der Waals surface area contributed by atoms with Gasteiger partial charge in [-0.05, 0) is 43.0 Å². The van der Waals surface area contributed by atoms with Crippen LogP contribution in [0.15, 0.2) is 42.5 Å². The Kier molecular flexibility index (Phi) is 4.31. The molecular formula is C20H22N4O. The minimum absolute atomic E-state index is 0.218. The molecule has 2 atom stereocenters. The largest absolute Gasteiger partial charge is 0.508 e. The average Bonchev–Trinajstić information content (AvgIpc) is 3.08. The molecule has 1 fully saturated rings. The van der Waals surface area contributed by atoms with E-state index in [0.29, 0.717) is 17.2 Å². The highest BCUT2D eigenvalue weighted by molar-refractivity contribution is 5.65. The van der Waals surface area contributed by atoms with Crippen molar-refractivity contribution in [3.05, 3.63) is 59.2 Å². The summed E-state index contributed by atoms with van der Waals surface area (Å²) in [5.74, 6) is 0.844. The summed E-state index contributed by atoms with van der Waals surface area (Å²) in [6, 6.07) is 16.0. The predicted molar refractivity (Wildman–Crippen MR) is 96.8 cm³/mol. The number of hydrazine groups is 1. The zero-order valence-corrected chi connectivity index (χ0v) is 14.1. The quantitative estimate of drug-likeness (QED) is 0.804. The molecule has 5 nitrogen and oxygen atoms in total. The fraction of sp³-hybridized carbons (Fsp3) is 0.350. The Balaban J connectivity index is 1.50. The number of nitriles is 1. The molecule has 128 valence electrons. The third-order valence-corrected chi connectivity index (χ3v) is 5.30. The van der Waals surface area contributed by atoms with Gasteiger partial charge in [0.05, 0.1) is 17.3 Å². The Hall–Kier alpha value is -2.55. The second-order valence-corrected chi connectivity index (χ2v) is 6.89. The summed E-state index contributed by atoms with van der Waals surface area (Å²) >= 11 is 0. The molecule has 0 saturated carbocycles. The molecule has 3 N–H and O–H groups in total. The van der Waals surface area contributed by atoms with Gasteiger partial charge in [-0.15, -0.1) is 0 Å². The summed E-state index contributed by atoms with van der Waals surface area (Å²) in [6.07, 6.45) is 2.30. The molecule has 4 rings (SSSR count). The van der Waals surface area contributed by atoms with E-state index < -0.39 is 0 Å². The number of fused-ring (bicyclic) bond motifs is 1. The number of nitrogens with one attached hydrogen (secondary N) is 2. The number of hydrogen-bond donors (Lipinski definition) is 3. The third kappa shape index (κ3) is 3.07. The number of rotatable bonds is 3. The number of phenols is 1. The maximum atomic E-state index is 10.0. The van der Waals surface area contributed by atoms with Crippen LogP contribution in [0.25, 0.3) is 0 Å². The first-order valence-electron chi connectivity index (χ1n) is 8.80. The standard InChI is InChI=1S/C20H22N4O/c21-11-14-6-3-8-17-19(14)22-23-20(17)16-7-4-10-24(13-16)12-15-5-1-2-9-18(15)25/h1-3,5-6,8-9,16,20,22-23,25H,4,7,10,12-13H2/t16-,20?/m0/s1. The van der Waals surface area contributed by atoms with Gasteiger partial charge in [0.25, 0.3) is 0 Å². The van der Waals surface area contributed by atoms with Crippen molar-refractivity contribution in [3.8, 4) is 11.8 Å². The number of phenolic OH excluding ortho intramolecular Hbond substituents is 1. The van der Waals surface area contributed by atoms with Crippen molar-refractivity contribution in [2.75, 3.05) is 18.5 Å². The molecule has 2 heterocycles. The number of anilines is 1. The summed E-state index contributed by atoms with van der Waals surface area (Å²) in [5.41, 5.74) is 10.4. The number of aromatic hydroxyl groups is 1. The number of para-hydroxylation sites is 2. The van der Waals surface area contributed by atoms with Crippen molar-refractivity contribution < 1.29 is 5.11 Å². The van der Waals surface area contributed by atoms with Crippen molar-refractivity contribution in [3.63, 3.8) is 0 Å². The van der Waals surface area contributed by atoms with Crippen LogP contribution in [0.4, 0.5) is 5.69 Å². The number of nitrogens with zero attached hydrogens (tertiary/aromatic N) is 2. The SMILES string of the molecule is N#Cc1cccc2c1NNC2[C@H]1CCCN(Cc2ccccc2O)C1. The second kappa shape index (κ2) is 6.75. The Labute approximate surface area is 147 Å². The van der Waals surface area contributed by atoms with Gasteiger partial charge in [-0.1, -0.05) is 30.3 Å². The number of likely N-dealkylation sites (tertiary alicyclic amines) is 1. The number of piperidine rings is 1. The van der Waals surface area contributed by atoms with Gasteiger partial charge < -0.3 is 10.5 Å². The Morgan fingerprint density at radius 1 is 1.20 bits per heavy atom. The molecule has 1 saturated heterocycles. The highest BCUT2D eigenvalue weighted by Gasteiger charge is 2.33. The van der Waals surface area contributed by atoms with Crippen molar-refractivity contribution >= 4 is 5.69 Å². The van der Waals surface area contributed by atoms with E-state index in [1.165, 1.54) is 5.56 Å². The molecule has 0 amide bonds. The van der Waals surface area contributed by atoms with Crippen LogP contribution in [-0.2, 0) is 6.54 Å². The highest BCUT2D eigenvalue weighted by atomic mass is 16.3. The van der Waals surface area contributed by atoms with E-state index in [0.717, 1.165) is 43.7 Å². The van der Waals surface area contributed by atoms with Gasteiger partial charge in [0, 0.05) is 18.7 Å². The van der Waals surface area contributed by atoms with Crippen molar-refractivity contribution in [1.82, 2.24) is 10.3 Å². The Morgan fingerprint density at radius 3 is 2.92 bits per heavy atom. The molecular weight excluding hydrogens is 312 g/mol. The van der Waals surface area contributed by atoms with Crippen LogP contribution in [0, 0.1) is 17.2 Å². The maximum absolute atomic E-state index is 10.0. The molecule has 0 radical (unpaired) electrons. The van der Waals surface area contributed by atoms with E-state index in [2.05, 4.69) is 27.9 Å². The zero-order chi connectivity index (χ0) is 17.2. The van der Waals surface area contributed by atoms with Gasteiger partial charge in [-0.3, -0.25) is 4.90 Å². The summed E-state index contributed by atoms with van der Waals surface area (Å²) in [4.78, 5) is 2.41. The molecule has 0 bridgehead atoms. The highest BCUT2D eigenvalue weighted by Crippen LogP contribution is 2.39. The molecule has 5 heteroatoms. The van der Waals surface area contributed by atoms with E-state index in [-0.39, 0.29) is 6.04 Å². The third-order valence-electron chi connectivity index (χ3n) is 5.30. The molecule has 2 aliphatic rings. The van der Waals surface area contributed by atoms with Gasteiger partial charge >= 0.3 is 0 Å². The lowest BCUT2D eigenvalue weighted by Crippen LogP contribution is -2.40. The Bertz CT molecular complexity index is 814. The van der Waals surface area contributed by atoms with E-state index in [1.54, 1.807) is 6.07 Å². The van der Waals surface area contributed by atoms with Crippen molar-refractivity contribution in [2.24, 2.45) is 5.92 Å². The van der Waals surface area contributed by atoms with Crippen LogP contribution in [0.5, 0.6) is 5.75 Å². The molecule has 0 spiro atoms. The van der Waals surface area contributed by atoms with Gasteiger partial charge in [-0.25, -0.2) is 5.43 Å². The van der Waals surface area contributed by atoms with E-state index in [4.69, 9.17) is 0 Å². The van der Waals surface area contributed by atoms with Crippen LogP contribution < -0.4 is 10.9 Å². The molecule has 25 heavy (non-hydrogen) atoms. The molecule has 0 aromatic heterocycles. The smallest absolute Gasteiger partial charge is 0.120 e. The maximum Gasteiger partial charge on any atom is 0.120 e.